The lowest BCUT2D eigenvalue weighted by Crippen LogP contribution is -2.45. The second kappa shape index (κ2) is 11.1. The monoisotopic (exact) mass is 542 g/mol. The fourth-order valence-electron chi connectivity index (χ4n) is 6.44. The number of para-hydroxylation sites is 2. The molecule has 0 amide bonds. The fraction of sp³-hybridized carbons (Fsp3) is 0.100. The Bertz CT molecular complexity index is 1930. The van der Waals surface area contributed by atoms with Gasteiger partial charge in [-0.2, -0.15) is 0 Å². The molecule has 0 saturated heterocycles. The van der Waals surface area contributed by atoms with Crippen LogP contribution in [0.3, 0.4) is 0 Å². The molecule has 2 aliphatic rings. The van der Waals surface area contributed by atoms with Gasteiger partial charge in [-0.15, -0.1) is 0 Å². The van der Waals surface area contributed by atoms with E-state index in [1.165, 1.54) is 55.6 Å². The summed E-state index contributed by atoms with van der Waals surface area (Å²) in [5.74, 6) is 0.177. The number of allylic oxidation sites excluding steroid dienone is 3. The molecule has 2 aliphatic carbocycles. The molecule has 0 bridgehead atoms. The number of hydrogen-bond donors (Lipinski definition) is 0. The third-order valence-electron chi connectivity index (χ3n) is 8.23. The van der Waals surface area contributed by atoms with E-state index in [4.69, 9.17) is 0 Å². The summed E-state index contributed by atoms with van der Waals surface area (Å²) in [6.45, 7) is 4.34. The topological polar surface area (TPSA) is 6.48 Å². The summed E-state index contributed by atoms with van der Waals surface area (Å²) in [7, 11) is 0. The summed E-state index contributed by atoms with van der Waals surface area (Å²) in [5, 5.41) is 2.51. The van der Waals surface area contributed by atoms with Crippen molar-refractivity contribution in [2.24, 2.45) is 5.92 Å². The molecule has 5 aromatic rings. The summed E-state index contributed by atoms with van der Waals surface area (Å²) in [4.78, 5) is 4.94. The zero-order valence-corrected chi connectivity index (χ0v) is 24.1. The number of benzene rings is 5. The van der Waals surface area contributed by atoms with E-state index in [-0.39, 0.29) is 5.92 Å². The van der Waals surface area contributed by atoms with Crippen LogP contribution in [-0.2, 0) is 0 Å². The molecule has 42 heavy (non-hydrogen) atoms. The quantitative estimate of drug-likeness (QED) is 0.212. The molecule has 0 N–H and O–H groups in total. The van der Waals surface area contributed by atoms with Gasteiger partial charge in [-0.25, -0.2) is 0 Å². The first kappa shape index (κ1) is 25.9. The van der Waals surface area contributed by atoms with E-state index in [2.05, 4.69) is 175 Å². The first-order valence-electron chi connectivity index (χ1n) is 14.7. The molecule has 0 heterocycles. The number of anilines is 4. The van der Waals surface area contributed by atoms with E-state index in [0.29, 0.717) is 0 Å². The Kier molecular flexibility index (Phi) is 6.81. The van der Waals surface area contributed by atoms with Gasteiger partial charge in [0.15, 0.2) is 0 Å². The molecule has 0 saturated carbocycles. The number of aryl methyl sites for hydroxylation is 2. The molecule has 5 aromatic carbocycles. The largest absolute Gasteiger partial charge is 0.313 e. The fourth-order valence-corrected chi connectivity index (χ4v) is 6.44. The molecular formula is C40H34N2. The minimum Gasteiger partial charge on any atom is -0.313 e. The van der Waals surface area contributed by atoms with E-state index >= 15 is 0 Å². The highest BCUT2D eigenvalue weighted by atomic mass is 15.2. The minimum absolute atomic E-state index is 0.177. The van der Waals surface area contributed by atoms with Crippen molar-refractivity contribution in [1.82, 2.24) is 0 Å². The molecule has 0 fully saturated rings. The number of rotatable bonds is 6. The predicted molar refractivity (Wildman–Crippen MR) is 177 cm³/mol. The maximum Gasteiger partial charge on any atom is 0.0579 e. The Morgan fingerprint density at radius 3 is 1.67 bits per heavy atom. The summed E-state index contributed by atoms with van der Waals surface area (Å²) in [6, 6.07) is 48.3. The van der Waals surface area contributed by atoms with Crippen LogP contribution in [0.1, 0.15) is 17.5 Å². The van der Waals surface area contributed by atoms with Crippen molar-refractivity contribution < 1.29 is 0 Å². The SMILES string of the molecule is Cc1cccc(N(C2=c3ccccc3=C(N(c3ccccc3)c3cccc(C)c3)C3CC=CC=C23)c2ccccc2)c1. The van der Waals surface area contributed by atoms with E-state index in [0.717, 1.165) is 12.1 Å². The van der Waals surface area contributed by atoms with Crippen LogP contribution in [0.2, 0.25) is 0 Å². The maximum atomic E-state index is 2.49. The predicted octanol–water partition coefficient (Wildman–Crippen LogP) is 8.71. The highest BCUT2D eigenvalue weighted by molar-refractivity contribution is 5.94. The lowest BCUT2D eigenvalue weighted by Gasteiger charge is -2.40. The highest BCUT2D eigenvalue weighted by Gasteiger charge is 2.35. The zero-order chi connectivity index (χ0) is 28.5. The van der Waals surface area contributed by atoms with Crippen molar-refractivity contribution in [2.75, 3.05) is 9.80 Å². The molecule has 7 rings (SSSR count). The normalized spacial score (nSPS) is 15.5. The molecule has 0 radical (unpaired) electrons. The summed E-state index contributed by atoms with van der Waals surface area (Å²) in [6.07, 6.45) is 7.82. The van der Waals surface area contributed by atoms with Gasteiger partial charge in [0, 0.05) is 44.8 Å². The van der Waals surface area contributed by atoms with Crippen LogP contribution < -0.4 is 20.2 Å². The van der Waals surface area contributed by atoms with Crippen LogP contribution in [0.25, 0.3) is 11.4 Å². The van der Waals surface area contributed by atoms with E-state index in [9.17, 15) is 0 Å². The lowest BCUT2D eigenvalue weighted by atomic mass is 9.80. The smallest absolute Gasteiger partial charge is 0.0579 e. The third-order valence-corrected chi connectivity index (χ3v) is 8.23. The third kappa shape index (κ3) is 4.65. The Labute approximate surface area is 248 Å². The second-order valence-electron chi connectivity index (χ2n) is 11.1. The molecule has 1 atom stereocenters. The zero-order valence-electron chi connectivity index (χ0n) is 24.1. The van der Waals surface area contributed by atoms with Crippen molar-refractivity contribution in [3.8, 4) is 0 Å². The van der Waals surface area contributed by atoms with Gasteiger partial charge in [0.2, 0.25) is 0 Å². The van der Waals surface area contributed by atoms with Crippen molar-refractivity contribution >= 4 is 34.1 Å². The second-order valence-corrected chi connectivity index (χ2v) is 11.1. The lowest BCUT2D eigenvalue weighted by molar-refractivity contribution is 0.772. The Morgan fingerprint density at radius 2 is 1.05 bits per heavy atom. The molecule has 2 heteroatoms. The summed E-state index contributed by atoms with van der Waals surface area (Å²) < 4.78 is 0. The van der Waals surface area contributed by atoms with E-state index < -0.39 is 0 Å². The molecule has 0 spiro atoms. The average Bonchev–Trinajstić information content (AvgIpc) is 3.03. The maximum absolute atomic E-state index is 2.49. The molecule has 2 nitrogen and oxygen atoms in total. The molecule has 0 aliphatic heterocycles. The van der Waals surface area contributed by atoms with Crippen LogP contribution in [0, 0.1) is 19.8 Å². The van der Waals surface area contributed by atoms with Crippen molar-refractivity contribution in [2.45, 2.75) is 20.3 Å². The number of hydrogen-bond acceptors (Lipinski definition) is 2. The highest BCUT2D eigenvalue weighted by Crippen LogP contribution is 2.45. The molecular weight excluding hydrogens is 508 g/mol. The van der Waals surface area contributed by atoms with Gasteiger partial charge in [-0.05, 0) is 85.5 Å². The summed E-state index contributed by atoms with van der Waals surface area (Å²) >= 11 is 0. The average molecular weight is 543 g/mol. The number of nitrogens with zero attached hydrogens (tertiary/aromatic N) is 2. The van der Waals surface area contributed by atoms with Gasteiger partial charge in [-0.1, -0.05) is 103 Å². The first-order chi connectivity index (χ1) is 20.7. The van der Waals surface area contributed by atoms with Crippen LogP contribution in [0.4, 0.5) is 22.7 Å². The Morgan fingerprint density at radius 1 is 0.524 bits per heavy atom. The summed E-state index contributed by atoms with van der Waals surface area (Å²) in [5.41, 5.74) is 11.1. The van der Waals surface area contributed by atoms with Crippen LogP contribution in [0.15, 0.2) is 157 Å². The van der Waals surface area contributed by atoms with Crippen molar-refractivity contribution in [3.05, 3.63) is 179 Å². The standard InChI is InChI=1S/C40H34N2/c1-29-15-13-21-33(27-29)41(31-17-5-3-6-18-31)39-35-23-9-11-25-37(35)40(38-26-12-10-24-36(38)39)42(32-19-7-4-8-20-32)34-22-14-16-30(2)28-34/h3-25,27-28,38H,26H2,1-2H3. The van der Waals surface area contributed by atoms with Crippen molar-refractivity contribution in [3.63, 3.8) is 0 Å². The minimum atomic E-state index is 0.177. The van der Waals surface area contributed by atoms with Crippen molar-refractivity contribution in [1.29, 1.82) is 0 Å². The molecule has 204 valence electrons. The van der Waals surface area contributed by atoms with Crippen LogP contribution in [0.5, 0.6) is 0 Å². The first-order valence-corrected chi connectivity index (χ1v) is 14.7. The molecule has 0 aromatic heterocycles. The van der Waals surface area contributed by atoms with Crippen LogP contribution in [-0.4, -0.2) is 0 Å². The van der Waals surface area contributed by atoms with Gasteiger partial charge in [0.25, 0.3) is 0 Å². The Hall–Kier alpha value is -5.08. The van der Waals surface area contributed by atoms with Crippen LogP contribution >= 0.6 is 0 Å². The Balaban J connectivity index is 1.61. The van der Waals surface area contributed by atoms with Gasteiger partial charge in [0.1, 0.15) is 0 Å². The van der Waals surface area contributed by atoms with E-state index in [1.54, 1.807) is 0 Å². The number of fused-ring (bicyclic) bond motifs is 2. The van der Waals surface area contributed by atoms with Gasteiger partial charge >= 0.3 is 0 Å². The van der Waals surface area contributed by atoms with Gasteiger partial charge in [0.05, 0.1) is 5.70 Å². The van der Waals surface area contributed by atoms with Gasteiger partial charge < -0.3 is 9.80 Å². The van der Waals surface area contributed by atoms with E-state index in [1.807, 2.05) is 0 Å². The molecule has 1 unspecified atom stereocenters. The van der Waals surface area contributed by atoms with Gasteiger partial charge in [-0.3, -0.25) is 0 Å².